The summed E-state index contributed by atoms with van der Waals surface area (Å²) < 4.78 is 30.6. The van der Waals surface area contributed by atoms with E-state index in [0.29, 0.717) is 0 Å². The highest BCUT2D eigenvalue weighted by atomic mass is 32.3. The number of carboxylic acids is 1. The summed E-state index contributed by atoms with van der Waals surface area (Å²) in [7, 11) is -5.94. The van der Waals surface area contributed by atoms with Crippen LogP contribution < -0.4 is 0 Å². The third-order valence-corrected chi connectivity index (χ3v) is 8.07. The molecule has 0 aromatic heterocycles. The maximum atomic E-state index is 12.5. The fraction of sp³-hybridized carbons (Fsp3) is 0.211. The van der Waals surface area contributed by atoms with E-state index >= 15 is 0 Å². The molecule has 0 aliphatic heterocycles. The van der Waals surface area contributed by atoms with Gasteiger partial charge in [0.15, 0.2) is 0 Å². The highest BCUT2D eigenvalue weighted by molar-refractivity contribution is 8.32. The van der Waals surface area contributed by atoms with Crippen molar-refractivity contribution in [1.82, 2.24) is 0 Å². The summed E-state index contributed by atoms with van der Waals surface area (Å²) in [4.78, 5) is 11.8. The smallest absolute Gasteiger partial charge is 0.331 e. The fourth-order valence-electron chi connectivity index (χ4n) is 2.21. The molecule has 26 heavy (non-hydrogen) atoms. The predicted octanol–water partition coefficient (Wildman–Crippen LogP) is 4.23. The Morgan fingerprint density at radius 2 is 1.46 bits per heavy atom. The Bertz CT molecular complexity index is 925. The lowest BCUT2D eigenvalue weighted by Crippen LogP contribution is -2.11. The van der Waals surface area contributed by atoms with Crippen molar-refractivity contribution in [1.29, 1.82) is 0 Å². The Hall–Kier alpha value is -2.09. The number of aliphatic carboxylic acids is 1. The Labute approximate surface area is 156 Å². The van der Waals surface area contributed by atoms with E-state index in [1.54, 1.807) is 55.0 Å². The van der Waals surface area contributed by atoms with Crippen LogP contribution in [0.15, 0.2) is 63.9 Å². The van der Waals surface area contributed by atoms with Crippen molar-refractivity contribution in [3.05, 3.63) is 65.2 Å². The molecule has 0 radical (unpaired) electrons. The zero-order valence-corrected chi connectivity index (χ0v) is 16.7. The normalized spacial score (nSPS) is 13.5. The van der Waals surface area contributed by atoms with E-state index in [1.165, 1.54) is 19.1 Å². The minimum absolute atomic E-state index is 0.125. The molecule has 0 spiro atoms. The maximum Gasteiger partial charge on any atom is 0.331 e. The number of hydrogen-bond donors (Lipinski definition) is 1. The molecule has 0 aliphatic carbocycles. The van der Waals surface area contributed by atoms with Crippen LogP contribution >= 0.6 is 10.3 Å². The third-order valence-electron chi connectivity index (χ3n) is 3.74. The van der Waals surface area contributed by atoms with Crippen LogP contribution in [0.5, 0.6) is 0 Å². The van der Waals surface area contributed by atoms with E-state index in [4.69, 9.17) is 8.74 Å². The molecule has 140 valence electrons. The van der Waals surface area contributed by atoms with Crippen molar-refractivity contribution in [3.63, 3.8) is 0 Å². The molecule has 0 saturated heterocycles. The van der Waals surface area contributed by atoms with Crippen LogP contribution in [0.2, 0.25) is 0 Å². The second-order valence-corrected chi connectivity index (χ2v) is 11.1. The summed E-state index contributed by atoms with van der Waals surface area (Å²) in [5.41, 5.74) is 1.92. The Morgan fingerprint density at radius 1 is 0.962 bits per heavy atom. The maximum absolute atomic E-state index is 12.5. The summed E-state index contributed by atoms with van der Waals surface area (Å²) in [5, 5.41) is 8.93. The minimum atomic E-state index is -3.88. The molecule has 0 atom stereocenters. The second kappa shape index (κ2) is 7.65. The lowest BCUT2D eigenvalue weighted by Gasteiger charge is -2.30. The quantitative estimate of drug-likeness (QED) is 0.742. The Morgan fingerprint density at radius 3 is 1.96 bits per heavy atom. The van der Waals surface area contributed by atoms with Gasteiger partial charge in [-0.3, -0.25) is 0 Å². The van der Waals surface area contributed by atoms with Crippen LogP contribution in [-0.2, 0) is 18.5 Å². The van der Waals surface area contributed by atoms with Crippen molar-refractivity contribution in [3.8, 4) is 0 Å². The van der Waals surface area contributed by atoms with E-state index in [-0.39, 0.29) is 10.5 Å². The second-order valence-electron chi connectivity index (χ2n) is 6.27. The lowest BCUT2D eigenvalue weighted by atomic mass is 10.1. The van der Waals surface area contributed by atoms with E-state index in [9.17, 15) is 13.2 Å². The largest absolute Gasteiger partial charge is 0.478 e. The summed E-state index contributed by atoms with van der Waals surface area (Å²) in [6, 6.07) is 13.5. The molecule has 2 rings (SSSR count). The average Bonchev–Trinajstić information content (AvgIpc) is 2.54. The standard InChI is InChI=1S/C19H22O5S2/c1-14-5-9-18(10-6-14)26(22,23)24-25(3,4)17-11-7-16(8-12-17)13-15(2)19(20)21/h5-13H,1-4H3,(H,20,21). The van der Waals surface area contributed by atoms with Crippen LogP contribution in [-0.4, -0.2) is 32.0 Å². The van der Waals surface area contributed by atoms with E-state index < -0.39 is 26.4 Å². The third kappa shape index (κ3) is 4.97. The first-order valence-corrected chi connectivity index (χ1v) is 11.6. The molecule has 0 amide bonds. The van der Waals surface area contributed by atoms with Crippen LogP contribution in [0, 0.1) is 6.92 Å². The zero-order chi connectivity index (χ0) is 19.5. The van der Waals surface area contributed by atoms with Gasteiger partial charge in [0, 0.05) is 10.5 Å². The summed E-state index contributed by atoms with van der Waals surface area (Å²) in [6.45, 7) is 3.40. The summed E-state index contributed by atoms with van der Waals surface area (Å²) in [5.74, 6) is -0.979. The van der Waals surface area contributed by atoms with Crippen LogP contribution in [0.25, 0.3) is 6.08 Å². The molecule has 0 unspecified atom stereocenters. The van der Waals surface area contributed by atoms with Crippen LogP contribution in [0.4, 0.5) is 0 Å². The number of aryl methyl sites for hydroxylation is 1. The van der Waals surface area contributed by atoms with Crippen molar-refractivity contribution in [2.75, 3.05) is 12.5 Å². The number of carbonyl (C=O) groups is 1. The molecular weight excluding hydrogens is 372 g/mol. The zero-order valence-electron chi connectivity index (χ0n) is 15.1. The predicted molar refractivity (Wildman–Crippen MR) is 105 cm³/mol. The van der Waals surface area contributed by atoms with Gasteiger partial charge in [0.05, 0.1) is 4.90 Å². The van der Waals surface area contributed by atoms with Crippen molar-refractivity contribution >= 4 is 32.5 Å². The Kier molecular flexibility index (Phi) is 5.95. The van der Waals surface area contributed by atoms with Crippen LogP contribution in [0.1, 0.15) is 18.1 Å². The van der Waals surface area contributed by atoms with Crippen molar-refractivity contribution in [2.45, 2.75) is 23.6 Å². The molecule has 0 aliphatic rings. The van der Waals surface area contributed by atoms with Gasteiger partial charge in [0.2, 0.25) is 0 Å². The van der Waals surface area contributed by atoms with Gasteiger partial charge in [-0.2, -0.15) is 8.42 Å². The van der Waals surface area contributed by atoms with Gasteiger partial charge >= 0.3 is 16.1 Å². The molecule has 2 aromatic rings. The van der Waals surface area contributed by atoms with Gasteiger partial charge in [-0.1, -0.05) is 40.1 Å². The minimum Gasteiger partial charge on any atom is -0.478 e. The van der Waals surface area contributed by atoms with Gasteiger partial charge in [-0.15, -0.1) is 0 Å². The molecule has 5 nitrogen and oxygen atoms in total. The molecular formula is C19H22O5S2. The SMILES string of the molecule is CC(=Cc1ccc(S(C)(C)OS(=O)(=O)c2ccc(C)cc2)cc1)C(=O)O. The Balaban J connectivity index is 2.25. The molecule has 0 heterocycles. The van der Waals surface area contributed by atoms with Gasteiger partial charge < -0.3 is 5.11 Å². The average molecular weight is 395 g/mol. The van der Waals surface area contributed by atoms with Crippen LogP contribution in [0.3, 0.4) is 0 Å². The summed E-state index contributed by atoms with van der Waals surface area (Å²) >= 11 is 0. The molecule has 7 heteroatoms. The van der Waals surface area contributed by atoms with E-state index in [0.717, 1.165) is 16.0 Å². The van der Waals surface area contributed by atoms with Gasteiger partial charge in [-0.25, -0.2) is 8.42 Å². The molecule has 0 fully saturated rings. The number of rotatable bonds is 6. The number of hydrogen-bond acceptors (Lipinski definition) is 4. The van der Waals surface area contributed by atoms with Crippen molar-refractivity contribution in [2.24, 2.45) is 0 Å². The first kappa shape index (κ1) is 20.2. The van der Waals surface area contributed by atoms with E-state index in [1.807, 2.05) is 6.92 Å². The molecule has 0 bridgehead atoms. The number of benzene rings is 2. The number of carboxylic acid groups (broad SMARTS) is 1. The monoisotopic (exact) mass is 394 g/mol. The fourth-order valence-corrected chi connectivity index (χ4v) is 5.89. The van der Waals surface area contributed by atoms with Gasteiger partial charge in [-0.05, 0) is 62.3 Å². The molecule has 2 aromatic carbocycles. The van der Waals surface area contributed by atoms with Crippen molar-refractivity contribution < 1.29 is 21.9 Å². The topological polar surface area (TPSA) is 80.7 Å². The first-order chi connectivity index (χ1) is 12.0. The lowest BCUT2D eigenvalue weighted by molar-refractivity contribution is -0.132. The van der Waals surface area contributed by atoms with Gasteiger partial charge in [0.1, 0.15) is 0 Å². The molecule has 1 N–H and O–H groups in total. The highest BCUT2D eigenvalue weighted by Gasteiger charge is 2.26. The highest BCUT2D eigenvalue weighted by Crippen LogP contribution is 2.52. The van der Waals surface area contributed by atoms with E-state index in [2.05, 4.69) is 0 Å². The van der Waals surface area contributed by atoms with Gasteiger partial charge in [0.25, 0.3) is 0 Å². The summed E-state index contributed by atoms with van der Waals surface area (Å²) in [6.07, 6.45) is 5.07. The molecule has 0 saturated carbocycles. The first-order valence-electron chi connectivity index (χ1n) is 7.79.